The van der Waals surface area contributed by atoms with Crippen LogP contribution in [0.2, 0.25) is 0 Å². The predicted molar refractivity (Wildman–Crippen MR) is 83.5 cm³/mol. The van der Waals surface area contributed by atoms with Gasteiger partial charge in [-0.2, -0.15) is 0 Å². The van der Waals surface area contributed by atoms with Crippen LogP contribution >= 0.6 is 0 Å². The third-order valence-corrected chi connectivity index (χ3v) is 3.18. The average Bonchev–Trinajstić information content (AvgIpc) is 2.36. The van der Waals surface area contributed by atoms with Crippen molar-refractivity contribution in [2.75, 3.05) is 7.05 Å². The molecule has 0 rings (SSSR count). The van der Waals surface area contributed by atoms with Gasteiger partial charge in [-0.25, -0.2) is 0 Å². The molecule has 0 spiro atoms. The van der Waals surface area contributed by atoms with Crippen LogP contribution in [0.5, 0.6) is 0 Å². The van der Waals surface area contributed by atoms with Crippen LogP contribution in [0.3, 0.4) is 0 Å². The summed E-state index contributed by atoms with van der Waals surface area (Å²) < 4.78 is 0. The molecule has 0 radical (unpaired) electrons. The van der Waals surface area contributed by atoms with Gasteiger partial charge in [0.1, 0.15) is 0 Å². The molecule has 18 heavy (non-hydrogen) atoms. The monoisotopic (exact) mass is 247 g/mol. The van der Waals surface area contributed by atoms with E-state index in [0.29, 0.717) is 5.92 Å². The Kier molecular flexibility index (Phi) is 9.08. The van der Waals surface area contributed by atoms with Gasteiger partial charge in [-0.05, 0) is 30.9 Å². The van der Waals surface area contributed by atoms with Gasteiger partial charge in [-0.3, -0.25) is 0 Å². The van der Waals surface area contributed by atoms with Crippen LogP contribution in [0, 0.1) is 5.92 Å². The van der Waals surface area contributed by atoms with Crippen LogP contribution in [0.1, 0.15) is 47.0 Å². The van der Waals surface area contributed by atoms with E-state index in [1.54, 1.807) is 0 Å². The second kappa shape index (κ2) is 9.76. The average molecular weight is 247 g/mol. The fourth-order valence-corrected chi connectivity index (χ4v) is 1.51. The van der Waals surface area contributed by atoms with Crippen molar-refractivity contribution in [2.45, 2.75) is 47.0 Å². The van der Waals surface area contributed by atoms with E-state index in [4.69, 9.17) is 0 Å². The first-order chi connectivity index (χ1) is 8.54. The van der Waals surface area contributed by atoms with Gasteiger partial charge in [0.15, 0.2) is 0 Å². The van der Waals surface area contributed by atoms with E-state index in [-0.39, 0.29) is 0 Å². The maximum Gasteiger partial charge on any atom is 0.0142 e. The number of allylic oxidation sites excluding steroid dienone is 6. The van der Waals surface area contributed by atoms with E-state index in [9.17, 15) is 0 Å². The minimum absolute atomic E-state index is 0.627. The molecule has 0 saturated heterocycles. The van der Waals surface area contributed by atoms with Crippen molar-refractivity contribution in [2.24, 2.45) is 5.92 Å². The zero-order chi connectivity index (χ0) is 14.0. The molecule has 0 aliphatic rings. The molecular weight excluding hydrogens is 218 g/mol. The second-order valence-corrected chi connectivity index (χ2v) is 4.94. The summed E-state index contributed by atoms with van der Waals surface area (Å²) in [7, 11) is 1.98. The Hall–Kier alpha value is -1.24. The van der Waals surface area contributed by atoms with Crippen LogP contribution in [-0.4, -0.2) is 7.05 Å². The SMILES string of the molecule is C=C/C(=C\C=C(/C/C=C(\C)C(C)C)NC)CCC. The van der Waals surface area contributed by atoms with Gasteiger partial charge >= 0.3 is 0 Å². The van der Waals surface area contributed by atoms with Gasteiger partial charge in [-0.15, -0.1) is 0 Å². The summed E-state index contributed by atoms with van der Waals surface area (Å²) in [5.74, 6) is 0.627. The molecule has 0 aliphatic carbocycles. The third-order valence-electron chi connectivity index (χ3n) is 3.18. The fourth-order valence-electron chi connectivity index (χ4n) is 1.51. The molecule has 0 aromatic heterocycles. The molecule has 0 atom stereocenters. The lowest BCUT2D eigenvalue weighted by Gasteiger charge is -2.07. The normalized spacial score (nSPS) is 14.0. The van der Waals surface area contributed by atoms with Gasteiger partial charge in [0.25, 0.3) is 0 Å². The molecular formula is C17H29N. The van der Waals surface area contributed by atoms with E-state index in [1.807, 2.05) is 13.1 Å². The lowest BCUT2D eigenvalue weighted by atomic mass is 10.0. The molecule has 0 bridgehead atoms. The third kappa shape index (κ3) is 7.16. The molecule has 0 unspecified atom stereocenters. The van der Waals surface area contributed by atoms with Gasteiger partial charge in [0, 0.05) is 19.2 Å². The Morgan fingerprint density at radius 1 is 1.28 bits per heavy atom. The topological polar surface area (TPSA) is 12.0 Å². The number of rotatable bonds is 8. The second-order valence-electron chi connectivity index (χ2n) is 4.94. The maximum absolute atomic E-state index is 3.85. The highest BCUT2D eigenvalue weighted by molar-refractivity contribution is 5.25. The van der Waals surface area contributed by atoms with E-state index >= 15 is 0 Å². The summed E-state index contributed by atoms with van der Waals surface area (Å²) in [6.07, 6.45) is 11.8. The Morgan fingerprint density at radius 3 is 2.39 bits per heavy atom. The number of hydrogen-bond acceptors (Lipinski definition) is 1. The van der Waals surface area contributed by atoms with Gasteiger partial charge in [0.05, 0.1) is 0 Å². The van der Waals surface area contributed by atoms with Crippen molar-refractivity contribution in [1.29, 1.82) is 0 Å². The highest BCUT2D eigenvalue weighted by Crippen LogP contribution is 2.12. The first-order valence-electron chi connectivity index (χ1n) is 6.91. The summed E-state index contributed by atoms with van der Waals surface area (Å²) in [6.45, 7) is 12.7. The molecule has 1 nitrogen and oxygen atoms in total. The van der Waals surface area contributed by atoms with Crippen molar-refractivity contribution in [3.05, 3.63) is 47.7 Å². The molecule has 0 saturated carbocycles. The predicted octanol–water partition coefficient (Wildman–Crippen LogP) is 4.99. The van der Waals surface area contributed by atoms with Gasteiger partial charge in [-0.1, -0.05) is 57.6 Å². The summed E-state index contributed by atoms with van der Waals surface area (Å²) in [4.78, 5) is 0. The molecule has 0 aromatic rings. The van der Waals surface area contributed by atoms with E-state index in [0.717, 1.165) is 19.3 Å². The smallest absolute Gasteiger partial charge is 0.0142 e. The summed E-state index contributed by atoms with van der Waals surface area (Å²) in [5.41, 5.74) is 3.98. The zero-order valence-electron chi connectivity index (χ0n) is 12.7. The summed E-state index contributed by atoms with van der Waals surface area (Å²) >= 11 is 0. The fraction of sp³-hybridized carbons (Fsp3) is 0.529. The molecule has 1 heteroatoms. The van der Waals surface area contributed by atoms with Crippen LogP contribution in [0.4, 0.5) is 0 Å². The highest BCUT2D eigenvalue weighted by atomic mass is 14.8. The Bertz CT molecular complexity index is 330. The van der Waals surface area contributed by atoms with E-state index in [2.05, 4.69) is 57.8 Å². The van der Waals surface area contributed by atoms with Crippen molar-refractivity contribution >= 4 is 0 Å². The minimum atomic E-state index is 0.627. The van der Waals surface area contributed by atoms with E-state index in [1.165, 1.54) is 16.8 Å². The molecule has 0 aliphatic heterocycles. The summed E-state index contributed by atoms with van der Waals surface area (Å²) in [5, 5.41) is 3.26. The lowest BCUT2D eigenvalue weighted by Crippen LogP contribution is -2.05. The Morgan fingerprint density at radius 2 is 1.94 bits per heavy atom. The first kappa shape index (κ1) is 16.8. The number of hydrogen-bond donors (Lipinski definition) is 1. The number of nitrogens with one attached hydrogen (secondary N) is 1. The van der Waals surface area contributed by atoms with Crippen molar-refractivity contribution < 1.29 is 0 Å². The lowest BCUT2D eigenvalue weighted by molar-refractivity contribution is 0.761. The quantitative estimate of drug-likeness (QED) is 0.470. The highest BCUT2D eigenvalue weighted by Gasteiger charge is 1.97. The van der Waals surface area contributed by atoms with Crippen molar-refractivity contribution in [3.8, 4) is 0 Å². The first-order valence-corrected chi connectivity index (χ1v) is 6.91. The van der Waals surface area contributed by atoms with Crippen LogP contribution < -0.4 is 5.32 Å². The molecule has 0 aromatic carbocycles. The molecule has 102 valence electrons. The summed E-state index contributed by atoms with van der Waals surface area (Å²) in [6, 6.07) is 0. The van der Waals surface area contributed by atoms with Gasteiger partial charge < -0.3 is 5.32 Å². The molecule has 0 heterocycles. The van der Waals surface area contributed by atoms with Crippen LogP contribution in [-0.2, 0) is 0 Å². The van der Waals surface area contributed by atoms with E-state index < -0.39 is 0 Å². The maximum atomic E-state index is 3.85. The molecule has 0 fully saturated rings. The molecule has 0 amide bonds. The molecule has 1 N–H and O–H groups in total. The minimum Gasteiger partial charge on any atom is -0.391 e. The van der Waals surface area contributed by atoms with Crippen molar-refractivity contribution in [3.63, 3.8) is 0 Å². The van der Waals surface area contributed by atoms with Crippen molar-refractivity contribution in [1.82, 2.24) is 5.32 Å². The zero-order valence-corrected chi connectivity index (χ0v) is 12.7. The largest absolute Gasteiger partial charge is 0.391 e. The van der Waals surface area contributed by atoms with Gasteiger partial charge in [0.2, 0.25) is 0 Å². The Labute approximate surface area is 113 Å². The Balaban J connectivity index is 4.67. The van der Waals surface area contributed by atoms with Crippen LogP contribution in [0.15, 0.2) is 47.7 Å². The van der Waals surface area contributed by atoms with Crippen LogP contribution in [0.25, 0.3) is 0 Å². The standard InChI is InChI=1S/C17H29N/c1-7-9-16(8-2)11-13-17(18-6)12-10-15(5)14(3)4/h8,10-11,13-14,18H,2,7,9,12H2,1,3-6H3/b15-10+,16-11+,17-13+.